The second kappa shape index (κ2) is 3.99. The molecule has 0 atom stereocenters. The van der Waals surface area contributed by atoms with E-state index in [0.29, 0.717) is 5.92 Å². The van der Waals surface area contributed by atoms with Gasteiger partial charge in [0.25, 0.3) is 0 Å². The fourth-order valence-corrected chi connectivity index (χ4v) is 2.22. The molecule has 0 aromatic heterocycles. The van der Waals surface area contributed by atoms with Crippen molar-refractivity contribution in [2.24, 2.45) is 0 Å². The van der Waals surface area contributed by atoms with E-state index in [1.54, 1.807) is 12.1 Å². The molecule has 0 saturated heterocycles. The largest absolute Gasteiger partial charge is 0.505 e. The number of rotatable bonds is 1. The Morgan fingerprint density at radius 3 is 2.50 bits per heavy atom. The predicted octanol–water partition coefficient (Wildman–Crippen LogP) is 3.58. The van der Waals surface area contributed by atoms with Crippen LogP contribution in [0.5, 0.6) is 5.75 Å². The van der Waals surface area contributed by atoms with E-state index in [4.69, 9.17) is 0 Å². The van der Waals surface area contributed by atoms with Gasteiger partial charge in [-0.05, 0) is 36.5 Å². The summed E-state index contributed by atoms with van der Waals surface area (Å²) >= 11 is 0. The third kappa shape index (κ3) is 1.89. The molecule has 1 aliphatic rings. The van der Waals surface area contributed by atoms with Crippen molar-refractivity contribution < 1.29 is 9.50 Å². The lowest BCUT2D eigenvalue weighted by molar-refractivity contribution is 0.421. The first-order chi connectivity index (χ1) is 6.77. The van der Waals surface area contributed by atoms with Crippen LogP contribution in [0.25, 0.3) is 0 Å². The monoisotopic (exact) mass is 194 g/mol. The first-order valence-electron chi connectivity index (χ1n) is 5.26. The maximum absolute atomic E-state index is 12.8. The summed E-state index contributed by atoms with van der Waals surface area (Å²) < 4.78 is 12.8. The van der Waals surface area contributed by atoms with E-state index in [-0.39, 0.29) is 5.75 Å². The van der Waals surface area contributed by atoms with Crippen LogP contribution in [0, 0.1) is 5.82 Å². The molecule has 0 spiro atoms. The van der Waals surface area contributed by atoms with Gasteiger partial charge in [0, 0.05) is 0 Å². The predicted molar refractivity (Wildman–Crippen MR) is 53.9 cm³/mol. The van der Waals surface area contributed by atoms with Gasteiger partial charge in [0.2, 0.25) is 0 Å². The molecule has 1 aromatic rings. The lowest BCUT2D eigenvalue weighted by atomic mass is 9.84. The van der Waals surface area contributed by atoms with Crippen LogP contribution in [0.2, 0.25) is 0 Å². The molecule has 2 rings (SSSR count). The van der Waals surface area contributed by atoms with Crippen molar-refractivity contribution >= 4 is 0 Å². The molecule has 76 valence electrons. The summed E-state index contributed by atoms with van der Waals surface area (Å²) in [6, 6.07) is 4.73. The Morgan fingerprint density at radius 1 is 1.14 bits per heavy atom. The highest BCUT2D eigenvalue weighted by atomic mass is 19.1. The molecule has 1 aromatic carbocycles. The standard InChI is InChI=1S/C12H15FO/c13-11-7-6-10(8-12(11)14)9-4-2-1-3-5-9/h6-9,14H,1-5H2. The Kier molecular flexibility index (Phi) is 2.71. The third-order valence-corrected chi connectivity index (χ3v) is 3.05. The molecule has 1 fully saturated rings. The number of phenols is 1. The van der Waals surface area contributed by atoms with Gasteiger partial charge in [0.15, 0.2) is 11.6 Å². The quantitative estimate of drug-likeness (QED) is 0.724. The number of benzene rings is 1. The molecule has 1 aliphatic carbocycles. The second-order valence-electron chi connectivity index (χ2n) is 4.05. The Morgan fingerprint density at radius 2 is 1.86 bits per heavy atom. The number of halogens is 1. The van der Waals surface area contributed by atoms with Crippen molar-refractivity contribution in [1.29, 1.82) is 0 Å². The van der Waals surface area contributed by atoms with Gasteiger partial charge in [-0.3, -0.25) is 0 Å². The molecule has 0 heterocycles. The molecule has 0 unspecified atom stereocenters. The van der Waals surface area contributed by atoms with Crippen LogP contribution in [0.3, 0.4) is 0 Å². The van der Waals surface area contributed by atoms with Crippen LogP contribution < -0.4 is 0 Å². The summed E-state index contributed by atoms with van der Waals surface area (Å²) in [6.07, 6.45) is 6.16. The lowest BCUT2D eigenvalue weighted by Gasteiger charge is -2.21. The highest BCUT2D eigenvalue weighted by Crippen LogP contribution is 2.34. The molecule has 0 amide bonds. The molecule has 0 aliphatic heterocycles. The van der Waals surface area contributed by atoms with Crippen LogP contribution in [-0.4, -0.2) is 5.11 Å². The van der Waals surface area contributed by atoms with Crippen molar-refractivity contribution in [2.45, 2.75) is 38.0 Å². The van der Waals surface area contributed by atoms with Crippen molar-refractivity contribution in [3.63, 3.8) is 0 Å². The Balaban J connectivity index is 2.18. The number of hydrogen-bond acceptors (Lipinski definition) is 1. The van der Waals surface area contributed by atoms with Gasteiger partial charge in [0.05, 0.1) is 0 Å². The number of aromatic hydroxyl groups is 1. The normalized spacial score (nSPS) is 18.4. The zero-order valence-corrected chi connectivity index (χ0v) is 8.17. The van der Waals surface area contributed by atoms with Crippen LogP contribution in [0.4, 0.5) is 4.39 Å². The van der Waals surface area contributed by atoms with E-state index < -0.39 is 5.82 Å². The molecule has 1 N–H and O–H groups in total. The SMILES string of the molecule is Oc1cc(C2CCCCC2)ccc1F. The van der Waals surface area contributed by atoms with Gasteiger partial charge in [-0.2, -0.15) is 0 Å². The molecule has 1 nitrogen and oxygen atoms in total. The van der Waals surface area contributed by atoms with E-state index in [1.807, 2.05) is 0 Å². The van der Waals surface area contributed by atoms with Crippen LogP contribution in [-0.2, 0) is 0 Å². The Bertz CT molecular complexity index is 316. The first-order valence-corrected chi connectivity index (χ1v) is 5.26. The van der Waals surface area contributed by atoms with Gasteiger partial charge in [0.1, 0.15) is 0 Å². The van der Waals surface area contributed by atoms with Gasteiger partial charge in [-0.25, -0.2) is 4.39 Å². The van der Waals surface area contributed by atoms with E-state index >= 15 is 0 Å². The maximum atomic E-state index is 12.8. The number of hydrogen-bond donors (Lipinski definition) is 1. The fraction of sp³-hybridized carbons (Fsp3) is 0.500. The van der Waals surface area contributed by atoms with E-state index in [9.17, 15) is 9.50 Å². The molecular weight excluding hydrogens is 179 g/mol. The minimum Gasteiger partial charge on any atom is -0.505 e. The molecule has 0 bridgehead atoms. The highest BCUT2D eigenvalue weighted by molar-refractivity contribution is 5.31. The minimum atomic E-state index is -0.524. The van der Waals surface area contributed by atoms with Crippen LogP contribution in [0.1, 0.15) is 43.6 Å². The van der Waals surface area contributed by atoms with E-state index in [0.717, 1.165) is 5.56 Å². The summed E-state index contributed by atoms with van der Waals surface area (Å²) in [4.78, 5) is 0. The average Bonchev–Trinajstić information content (AvgIpc) is 2.23. The van der Waals surface area contributed by atoms with Gasteiger partial charge in [-0.1, -0.05) is 25.3 Å². The minimum absolute atomic E-state index is 0.215. The summed E-state index contributed by atoms with van der Waals surface area (Å²) in [6.45, 7) is 0. The lowest BCUT2D eigenvalue weighted by Crippen LogP contribution is -2.04. The van der Waals surface area contributed by atoms with Gasteiger partial charge in [-0.15, -0.1) is 0 Å². The maximum Gasteiger partial charge on any atom is 0.164 e. The summed E-state index contributed by atoms with van der Waals surface area (Å²) in [5, 5.41) is 9.26. The highest BCUT2D eigenvalue weighted by Gasteiger charge is 2.16. The summed E-state index contributed by atoms with van der Waals surface area (Å²) in [5.74, 6) is -0.215. The zero-order chi connectivity index (χ0) is 9.97. The topological polar surface area (TPSA) is 20.2 Å². The van der Waals surface area contributed by atoms with E-state index in [1.165, 1.54) is 38.2 Å². The average molecular weight is 194 g/mol. The molecular formula is C12H15FO. The second-order valence-corrected chi connectivity index (χ2v) is 4.05. The molecule has 2 heteroatoms. The molecule has 14 heavy (non-hydrogen) atoms. The van der Waals surface area contributed by atoms with Crippen LogP contribution >= 0.6 is 0 Å². The first kappa shape index (κ1) is 9.50. The van der Waals surface area contributed by atoms with Crippen molar-refractivity contribution in [1.82, 2.24) is 0 Å². The van der Waals surface area contributed by atoms with Gasteiger partial charge < -0.3 is 5.11 Å². The Hall–Kier alpha value is -1.05. The smallest absolute Gasteiger partial charge is 0.164 e. The van der Waals surface area contributed by atoms with Crippen molar-refractivity contribution in [3.05, 3.63) is 29.6 Å². The Labute approximate surface area is 83.6 Å². The zero-order valence-electron chi connectivity index (χ0n) is 8.17. The van der Waals surface area contributed by atoms with Crippen molar-refractivity contribution in [3.8, 4) is 5.75 Å². The molecule has 0 radical (unpaired) electrons. The third-order valence-electron chi connectivity index (χ3n) is 3.05. The number of phenolic OH excluding ortho intramolecular Hbond substituents is 1. The summed E-state index contributed by atoms with van der Waals surface area (Å²) in [5.41, 5.74) is 1.09. The fourth-order valence-electron chi connectivity index (χ4n) is 2.22. The molecule has 1 saturated carbocycles. The van der Waals surface area contributed by atoms with Gasteiger partial charge >= 0.3 is 0 Å². The van der Waals surface area contributed by atoms with E-state index in [2.05, 4.69) is 0 Å². The van der Waals surface area contributed by atoms with Crippen LogP contribution in [0.15, 0.2) is 18.2 Å². The summed E-state index contributed by atoms with van der Waals surface area (Å²) in [7, 11) is 0. The van der Waals surface area contributed by atoms with Crippen molar-refractivity contribution in [2.75, 3.05) is 0 Å².